The molecule has 33 heavy (non-hydrogen) atoms. The summed E-state index contributed by atoms with van der Waals surface area (Å²) in [7, 11) is 0. The lowest BCUT2D eigenvalue weighted by Gasteiger charge is -2.25. The molecule has 1 N–H and O–H groups in total. The molecule has 0 aromatic heterocycles. The second-order valence-corrected chi connectivity index (χ2v) is 9.14. The first-order chi connectivity index (χ1) is 16.0. The van der Waals surface area contributed by atoms with Crippen LogP contribution in [0.1, 0.15) is 46.6 Å². The van der Waals surface area contributed by atoms with Crippen molar-refractivity contribution >= 4 is 35.0 Å². The van der Waals surface area contributed by atoms with Gasteiger partial charge in [0, 0.05) is 16.9 Å². The van der Waals surface area contributed by atoms with Crippen LogP contribution in [0.3, 0.4) is 0 Å². The number of anilines is 2. The molecule has 4 rings (SSSR count). The number of ether oxygens (including phenoxy) is 1. The fourth-order valence-corrected chi connectivity index (χ4v) is 4.88. The molecule has 1 fully saturated rings. The van der Waals surface area contributed by atoms with Crippen molar-refractivity contribution in [1.82, 2.24) is 0 Å². The van der Waals surface area contributed by atoms with Crippen molar-refractivity contribution in [2.24, 2.45) is 0 Å². The maximum Gasteiger partial charge on any atom is 0.255 e. The summed E-state index contributed by atoms with van der Waals surface area (Å²) >= 11 is 1.61. The number of nitrogens with one attached hydrogen (secondary N) is 1. The maximum absolute atomic E-state index is 12.6. The number of amides is 2. The number of thioether (sulfide) groups is 1. The van der Waals surface area contributed by atoms with Crippen LogP contribution in [0.4, 0.5) is 11.4 Å². The lowest BCUT2D eigenvalue weighted by Crippen LogP contribution is -2.27. The largest absolute Gasteiger partial charge is 0.494 e. The van der Waals surface area contributed by atoms with E-state index in [4.69, 9.17) is 4.74 Å². The molecule has 3 aromatic carbocycles. The zero-order chi connectivity index (χ0) is 23.2. The summed E-state index contributed by atoms with van der Waals surface area (Å²) in [6, 6.07) is 22.9. The summed E-state index contributed by atoms with van der Waals surface area (Å²) in [6.07, 6.45) is 2.09. The van der Waals surface area contributed by atoms with Crippen molar-refractivity contribution in [3.63, 3.8) is 0 Å². The molecule has 170 valence electrons. The summed E-state index contributed by atoms with van der Waals surface area (Å²) in [6.45, 7) is 4.83. The van der Waals surface area contributed by atoms with Crippen LogP contribution in [0, 0.1) is 6.92 Å². The maximum atomic E-state index is 12.6. The van der Waals surface area contributed by atoms with Crippen LogP contribution in [0.2, 0.25) is 0 Å². The van der Waals surface area contributed by atoms with Crippen molar-refractivity contribution in [3.05, 3.63) is 89.5 Å². The first-order valence-corrected chi connectivity index (χ1v) is 12.2. The summed E-state index contributed by atoms with van der Waals surface area (Å²) in [5, 5.41) is 2.86. The summed E-state index contributed by atoms with van der Waals surface area (Å²) in [5.74, 6) is 1.16. The van der Waals surface area contributed by atoms with Crippen molar-refractivity contribution in [2.75, 3.05) is 22.6 Å². The molecule has 2 amide bonds. The van der Waals surface area contributed by atoms with Gasteiger partial charge in [0.2, 0.25) is 5.91 Å². The van der Waals surface area contributed by atoms with E-state index in [1.165, 1.54) is 0 Å². The molecule has 1 saturated heterocycles. The van der Waals surface area contributed by atoms with E-state index in [-0.39, 0.29) is 17.2 Å². The molecule has 0 spiro atoms. The minimum absolute atomic E-state index is 0.0793. The van der Waals surface area contributed by atoms with Gasteiger partial charge in [0.05, 0.1) is 12.4 Å². The Kier molecular flexibility index (Phi) is 7.35. The van der Waals surface area contributed by atoms with Gasteiger partial charge >= 0.3 is 0 Å². The minimum atomic E-state index is -0.172. The fraction of sp³-hybridized carbons (Fsp3) is 0.259. The third kappa shape index (κ3) is 5.57. The highest BCUT2D eigenvalue weighted by Crippen LogP contribution is 2.42. The first kappa shape index (κ1) is 22.9. The zero-order valence-electron chi connectivity index (χ0n) is 18.9. The number of unbranched alkanes of at least 4 members (excludes halogenated alkanes) is 1. The molecule has 1 aliphatic rings. The molecule has 1 aliphatic heterocycles. The van der Waals surface area contributed by atoms with E-state index in [1.807, 2.05) is 72.5 Å². The van der Waals surface area contributed by atoms with E-state index in [1.54, 1.807) is 23.9 Å². The molecule has 0 radical (unpaired) electrons. The molecule has 0 bridgehead atoms. The van der Waals surface area contributed by atoms with Crippen LogP contribution < -0.4 is 15.0 Å². The van der Waals surface area contributed by atoms with E-state index < -0.39 is 0 Å². The Morgan fingerprint density at radius 3 is 2.55 bits per heavy atom. The predicted octanol–water partition coefficient (Wildman–Crippen LogP) is 6.20. The summed E-state index contributed by atoms with van der Waals surface area (Å²) in [4.78, 5) is 27.1. The predicted molar refractivity (Wildman–Crippen MR) is 135 cm³/mol. The van der Waals surface area contributed by atoms with Gasteiger partial charge in [-0.25, -0.2) is 0 Å². The molecule has 3 aromatic rings. The van der Waals surface area contributed by atoms with Gasteiger partial charge in [-0.2, -0.15) is 0 Å². The quantitative estimate of drug-likeness (QED) is 0.406. The number of carbonyl (C=O) groups is 2. The van der Waals surface area contributed by atoms with Crippen LogP contribution in [-0.4, -0.2) is 24.2 Å². The Balaban J connectivity index is 1.41. The van der Waals surface area contributed by atoms with Crippen LogP contribution in [-0.2, 0) is 4.79 Å². The van der Waals surface area contributed by atoms with E-state index in [9.17, 15) is 9.59 Å². The van der Waals surface area contributed by atoms with Gasteiger partial charge in [-0.05, 0) is 73.0 Å². The number of nitrogens with zero attached hydrogens (tertiary/aromatic N) is 1. The molecule has 1 heterocycles. The SMILES string of the molecule is CCCCOc1ccc(C(=O)Nc2ccc([C@@H]3SCC(=O)N3c3cccc(C)c3)cc2)cc1. The second-order valence-electron chi connectivity index (χ2n) is 8.07. The van der Waals surface area contributed by atoms with E-state index in [0.29, 0.717) is 23.6 Å². The topological polar surface area (TPSA) is 58.6 Å². The number of aryl methyl sites for hydroxylation is 1. The van der Waals surface area contributed by atoms with Crippen molar-refractivity contribution in [3.8, 4) is 5.75 Å². The van der Waals surface area contributed by atoms with E-state index in [0.717, 1.165) is 35.4 Å². The zero-order valence-corrected chi connectivity index (χ0v) is 19.7. The van der Waals surface area contributed by atoms with Crippen LogP contribution in [0.25, 0.3) is 0 Å². The number of hydrogen-bond acceptors (Lipinski definition) is 4. The van der Waals surface area contributed by atoms with E-state index in [2.05, 4.69) is 12.2 Å². The average Bonchev–Trinajstić information content (AvgIpc) is 3.21. The van der Waals surface area contributed by atoms with Crippen molar-refractivity contribution in [2.45, 2.75) is 32.1 Å². The number of hydrogen-bond donors (Lipinski definition) is 1. The number of benzene rings is 3. The number of rotatable bonds is 8. The monoisotopic (exact) mass is 460 g/mol. The third-order valence-corrected chi connectivity index (χ3v) is 6.70. The van der Waals surface area contributed by atoms with Crippen LogP contribution >= 0.6 is 11.8 Å². The van der Waals surface area contributed by atoms with Crippen molar-refractivity contribution < 1.29 is 14.3 Å². The Bertz CT molecular complexity index is 1110. The van der Waals surface area contributed by atoms with Crippen LogP contribution in [0.15, 0.2) is 72.8 Å². The molecular formula is C27H28N2O3S. The van der Waals surface area contributed by atoms with E-state index >= 15 is 0 Å². The standard InChI is InChI=1S/C27H28N2O3S/c1-3-4-16-32-24-14-10-20(11-15-24)26(31)28-22-12-8-21(9-13-22)27-29(25(30)18-33-27)23-7-5-6-19(2)17-23/h5-15,17,27H,3-4,16,18H2,1-2H3,(H,28,31)/t27-/m0/s1. The average molecular weight is 461 g/mol. The molecule has 6 heteroatoms. The highest BCUT2D eigenvalue weighted by molar-refractivity contribution is 8.00. The third-order valence-electron chi connectivity index (χ3n) is 5.48. The van der Waals surface area contributed by atoms with Crippen molar-refractivity contribution in [1.29, 1.82) is 0 Å². The normalized spacial score (nSPS) is 15.5. The van der Waals surface area contributed by atoms with Crippen LogP contribution in [0.5, 0.6) is 5.75 Å². The first-order valence-electron chi connectivity index (χ1n) is 11.2. The van der Waals surface area contributed by atoms with Gasteiger partial charge in [0.25, 0.3) is 5.91 Å². The van der Waals surface area contributed by atoms with Gasteiger partial charge in [0.1, 0.15) is 11.1 Å². The lowest BCUT2D eigenvalue weighted by atomic mass is 10.1. The molecule has 0 aliphatic carbocycles. The van der Waals surface area contributed by atoms with Gasteiger partial charge in [0.15, 0.2) is 0 Å². The number of carbonyl (C=O) groups excluding carboxylic acids is 2. The summed E-state index contributed by atoms with van der Waals surface area (Å²) in [5.41, 5.74) is 4.34. The summed E-state index contributed by atoms with van der Waals surface area (Å²) < 4.78 is 5.65. The Hall–Kier alpha value is -3.25. The molecule has 1 atom stereocenters. The highest BCUT2D eigenvalue weighted by atomic mass is 32.2. The molecular weight excluding hydrogens is 432 g/mol. The molecule has 0 saturated carbocycles. The molecule has 5 nitrogen and oxygen atoms in total. The minimum Gasteiger partial charge on any atom is -0.494 e. The Morgan fingerprint density at radius 1 is 1.09 bits per heavy atom. The second kappa shape index (κ2) is 10.6. The Labute approximate surface area is 199 Å². The van der Waals surface area contributed by atoms with Gasteiger partial charge < -0.3 is 10.1 Å². The molecule has 0 unspecified atom stereocenters. The Morgan fingerprint density at radius 2 is 1.85 bits per heavy atom. The van der Waals surface area contributed by atoms with Gasteiger partial charge in [-0.1, -0.05) is 37.6 Å². The highest BCUT2D eigenvalue weighted by Gasteiger charge is 2.34. The van der Waals surface area contributed by atoms with Gasteiger partial charge in [-0.15, -0.1) is 11.8 Å². The van der Waals surface area contributed by atoms with Gasteiger partial charge in [-0.3, -0.25) is 14.5 Å². The lowest BCUT2D eigenvalue weighted by molar-refractivity contribution is -0.115. The smallest absolute Gasteiger partial charge is 0.255 e. The fourth-order valence-electron chi connectivity index (χ4n) is 3.70.